The molecule has 0 aliphatic carbocycles. The molecule has 0 atom stereocenters. The standard InChI is InChI=1S/C26H24FNO4/c1-30-24-15-18(16-25(31-2)26(24)32-3)11-12-19-7-4-5-10-22(19)28-14-13-23(29)20-8-6-9-21(27)17-20/h4-17,28H,1-3H3. The Morgan fingerprint density at radius 2 is 1.59 bits per heavy atom. The number of hydrogen-bond donors (Lipinski definition) is 1. The van der Waals surface area contributed by atoms with Crippen molar-refractivity contribution in [3.63, 3.8) is 0 Å². The average Bonchev–Trinajstić information content (AvgIpc) is 2.82. The Balaban J connectivity index is 1.78. The molecule has 0 aromatic heterocycles. The van der Waals surface area contributed by atoms with E-state index in [-0.39, 0.29) is 5.78 Å². The number of benzene rings is 3. The fourth-order valence-electron chi connectivity index (χ4n) is 3.10. The predicted molar refractivity (Wildman–Crippen MR) is 125 cm³/mol. The zero-order valence-corrected chi connectivity index (χ0v) is 18.1. The number of methoxy groups -OCH3 is 3. The molecule has 0 fully saturated rings. The van der Waals surface area contributed by atoms with Crippen molar-refractivity contribution in [3.05, 3.63) is 95.4 Å². The van der Waals surface area contributed by atoms with Crippen LogP contribution in [0.3, 0.4) is 0 Å². The maximum absolute atomic E-state index is 13.3. The van der Waals surface area contributed by atoms with E-state index in [9.17, 15) is 9.18 Å². The quantitative estimate of drug-likeness (QED) is 0.261. The van der Waals surface area contributed by atoms with E-state index in [1.165, 1.54) is 24.3 Å². The number of hydrogen-bond acceptors (Lipinski definition) is 5. The number of rotatable bonds is 9. The van der Waals surface area contributed by atoms with Crippen LogP contribution in [0, 0.1) is 5.82 Å². The Morgan fingerprint density at radius 1 is 0.875 bits per heavy atom. The van der Waals surface area contributed by atoms with Crippen LogP contribution < -0.4 is 19.5 Å². The normalized spacial score (nSPS) is 11.0. The number of anilines is 1. The fourth-order valence-corrected chi connectivity index (χ4v) is 3.10. The van der Waals surface area contributed by atoms with Gasteiger partial charge in [-0.25, -0.2) is 4.39 Å². The highest BCUT2D eigenvalue weighted by Crippen LogP contribution is 2.38. The van der Waals surface area contributed by atoms with E-state index in [0.717, 1.165) is 16.8 Å². The number of carbonyl (C=O) groups is 1. The summed E-state index contributed by atoms with van der Waals surface area (Å²) in [5.41, 5.74) is 2.87. The largest absolute Gasteiger partial charge is 0.493 e. The number of ether oxygens (including phenoxy) is 3. The average molecular weight is 433 g/mol. The molecule has 3 aromatic rings. The van der Waals surface area contributed by atoms with E-state index in [0.29, 0.717) is 22.8 Å². The predicted octanol–water partition coefficient (Wildman–Crippen LogP) is 5.83. The first-order valence-electron chi connectivity index (χ1n) is 9.86. The van der Waals surface area contributed by atoms with Crippen LogP contribution in [-0.4, -0.2) is 27.1 Å². The zero-order valence-electron chi connectivity index (χ0n) is 18.1. The topological polar surface area (TPSA) is 56.8 Å². The van der Waals surface area contributed by atoms with E-state index < -0.39 is 5.82 Å². The Bertz CT molecular complexity index is 1130. The minimum Gasteiger partial charge on any atom is -0.493 e. The molecule has 0 spiro atoms. The van der Waals surface area contributed by atoms with Crippen LogP contribution in [0.4, 0.5) is 10.1 Å². The molecule has 0 amide bonds. The Morgan fingerprint density at radius 3 is 2.25 bits per heavy atom. The number of carbonyl (C=O) groups excluding carboxylic acids is 1. The molecule has 5 nitrogen and oxygen atoms in total. The number of para-hydroxylation sites is 1. The van der Waals surface area contributed by atoms with Gasteiger partial charge >= 0.3 is 0 Å². The van der Waals surface area contributed by atoms with Gasteiger partial charge < -0.3 is 19.5 Å². The summed E-state index contributed by atoms with van der Waals surface area (Å²) in [6.45, 7) is 0. The van der Waals surface area contributed by atoms with Gasteiger partial charge in [0.25, 0.3) is 0 Å². The summed E-state index contributed by atoms with van der Waals surface area (Å²) in [7, 11) is 4.70. The lowest BCUT2D eigenvalue weighted by Gasteiger charge is -2.13. The Hall–Kier alpha value is -4.06. The smallest absolute Gasteiger partial charge is 0.203 e. The summed E-state index contributed by atoms with van der Waals surface area (Å²) >= 11 is 0. The fraction of sp³-hybridized carbons (Fsp3) is 0.115. The highest BCUT2D eigenvalue weighted by Gasteiger charge is 2.12. The summed E-state index contributed by atoms with van der Waals surface area (Å²) < 4.78 is 29.5. The van der Waals surface area contributed by atoms with Gasteiger partial charge in [0.1, 0.15) is 5.82 Å². The van der Waals surface area contributed by atoms with Crippen molar-refractivity contribution in [2.45, 2.75) is 0 Å². The molecule has 0 radical (unpaired) electrons. The van der Waals surface area contributed by atoms with Crippen molar-refractivity contribution in [1.29, 1.82) is 0 Å². The van der Waals surface area contributed by atoms with Crippen LogP contribution in [0.25, 0.3) is 12.2 Å². The second-order valence-corrected chi connectivity index (χ2v) is 6.73. The molecule has 164 valence electrons. The summed E-state index contributed by atoms with van der Waals surface area (Å²) in [5, 5.41) is 3.11. The monoisotopic (exact) mass is 433 g/mol. The molecule has 0 aliphatic heterocycles. The molecule has 6 heteroatoms. The first-order chi connectivity index (χ1) is 15.5. The second kappa shape index (κ2) is 10.8. The van der Waals surface area contributed by atoms with Gasteiger partial charge in [0, 0.05) is 23.5 Å². The van der Waals surface area contributed by atoms with Gasteiger partial charge in [-0.1, -0.05) is 42.5 Å². The molecule has 32 heavy (non-hydrogen) atoms. The van der Waals surface area contributed by atoms with Crippen molar-refractivity contribution < 1.29 is 23.4 Å². The lowest BCUT2D eigenvalue weighted by atomic mass is 10.1. The van der Waals surface area contributed by atoms with Crippen molar-refractivity contribution in [3.8, 4) is 17.2 Å². The van der Waals surface area contributed by atoms with E-state index in [2.05, 4.69) is 5.32 Å². The van der Waals surface area contributed by atoms with Crippen LogP contribution in [0.15, 0.2) is 72.9 Å². The number of halogens is 1. The summed E-state index contributed by atoms with van der Waals surface area (Å²) in [5.74, 6) is 0.928. The van der Waals surface area contributed by atoms with Gasteiger partial charge in [-0.05, 0) is 41.5 Å². The third kappa shape index (κ3) is 5.55. The van der Waals surface area contributed by atoms with Crippen molar-refractivity contribution >= 4 is 23.6 Å². The van der Waals surface area contributed by atoms with E-state index in [1.54, 1.807) is 33.6 Å². The lowest BCUT2D eigenvalue weighted by Crippen LogP contribution is -1.97. The van der Waals surface area contributed by atoms with E-state index in [1.807, 2.05) is 48.6 Å². The molecule has 0 heterocycles. The van der Waals surface area contributed by atoms with Gasteiger partial charge in [-0.2, -0.15) is 0 Å². The molecule has 3 rings (SSSR count). The molecule has 0 saturated carbocycles. The maximum Gasteiger partial charge on any atom is 0.203 e. The van der Waals surface area contributed by atoms with Crippen molar-refractivity contribution in [2.75, 3.05) is 26.6 Å². The lowest BCUT2D eigenvalue weighted by molar-refractivity contribution is 0.104. The third-order valence-electron chi connectivity index (χ3n) is 4.69. The van der Waals surface area contributed by atoms with Crippen molar-refractivity contribution in [1.82, 2.24) is 0 Å². The minimum atomic E-state index is -0.445. The van der Waals surface area contributed by atoms with Crippen LogP contribution in [0.5, 0.6) is 17.2 Å². The summed E-state index contributed by atoms with van der Waals surface area (Å²) in [6, 6.07) is 16.9. The molecule has 0 saturated heterocycles. The van der Waals surface area contributed by atoms with Crippen LogP contribution in [0.2, 0.25) is 0 Å². The maximum atomic E-state index is 13.3. The molecule has 3 aromatic carbocycles. The van der Waals surface area contributed by atoms with Gasteiger partial charge in [-0.3, -0.25) is 4.79 Å². The van der Waals surface area contributed by atoms with E-state index >= 15 is 0 Å². The van der Waals surface area contributed by atoms with Crippen LogP contribution in [-0.2, 0) is 0 Å². The SMILES string of the molecule is COc1cc(C=Cc2ccccc2NC=CC(=O)c2cccc(F)c2)cc(OC)c1OC. The van der Waals surface area contributed by atoms with Gasteiger partial charge in [0.2, 0.25) is 5.75 Å². The molecular formula is C26H24FNO4. The zero-order chi connectivity index (χ0) is 22.9. The molecular weight excluding hydrogens is 409 g/mol. The molecule has 0 bridgehead atoms. The first kappa shape index (κ1) is 22.6. The highest BCUT2D eigenvalue weighted by atomic mass is 19.1. The number of nitrogens with one attached hydrogen (secondary N) is 1. The first-order valence-corrected chi connectivity index (χ1v) is 9.86. The van der Waals surface area contributed by atoms with Gasteiger partial charge in [0.15, 0.2) is 17.3 Å². The van der Waals surface area contributed by atoms with Crippen molar-refractivity contribution in [2.24, 2.45) is 0 Å². The molecule has 0 aliphatic rings. The van der Waals surface area contributed by atoms with Gasteiger partial charge in [0.05, 0.1) is 21.3 Å². The minimum absolute atomic E-state index is 0.289. The van der Waals surface area contributed by atoms with Gasteiger partial charge in [-0.15, -0.1) is 0 Å². The summed E-state index contributed by atoms with van der Waals surface area (Å²) in [4.78, 5) is 12.2. The molecule has 0 unspecified atom stereocenters. The number of allylic oxidation sites excluding steroid dienone is 1. The summed E-state index contributed by atoms with van der Waals surface area (Å²) in [6.07, 6.45) is 6.77. The van der Waals surface area contributed by atoms with E-state index in [4.69, 9.17) is 14.2 Å². The third-order valence-corrected chi connectivity index (χ3v) is 4.69. The Kier molecular flexibility index (Phi) is 7.65. The number of ketones is 1. The highest BCUT2D eigenvalue weighted by molar-refractivity contribution is 6.04. The Labute approximate surface area is 186 Å². The second-order valence-electron chi connectivity index (χ2n) is 6.73. The van der Waals surface area contributed by atoms with Crippen LogP contribution >= 0.6 is 0 Å². The molecule has 1 N–H and O–H groups in total. The van der Waals surface area contributed by atoms with Crippen LogP contribution in [0.1, 0.15) is 21.5 Å².